The van der Waals surface area contributed by atoms with Gasteiger partial charge in [0.05, 0.1) is 23.4 Å². The summed E-state index contributed by atoms with van der Waals surface area (Å²) >= 11 is 6.39. The molecule has 0 amide bonds. The van der Waals surface area contributed by atoms with Gasteiger partial charge in [0.25, 0.3) is 0 Å². The van der Waals surface area contributed by atoms with Gasteiger partial charge in [-0.15, -0.1) is 0 Å². The predicted molar refractivity (Wildman–Crippen MR) is 90.4 cm³/mol. The van der Waals surface area contributed by atoms with Gasteiger partial charge in [-0.05, 0) is 37.6 Å². The van der Waals surface area contributed by atoms with Crippen LogP contribution >= 0.6 is 11.6 Å². The molecule has 0 spiro atoms. The summed E-state index contributed by atoms with van der Waals surface area (Å²) in [6.07, 6.45) is 1.64. The van der Waals surface area contributed by atoms with E-state index in [1.54, 1.807) is 13.2 Å². The van der Waals surface area contributed by atoms with Gasteiger partial charge in [-0.1, -0.05) is 11.6 Å². The molecule has 0 bridgehead atoms. The first-order valence-corrected chi connectivity index (χ1v) is 8.05. The van der Waals surface area contributed by atoms with E-state index in [2.05, 4.69) is 4.90 Å². The fourth-order valence-electron chi connectivity index (χ4n) is 3.04. The molecular formula is C18H16ClNO4. The lowest BCUT2D eigenvalue weighted by atomic mass is 10.0. The number of furan rings is 1. The molecule has 2 aromatic heterocycles. The van der Waals surface area contributed by atoms with Crippen LogP contribution in [-0.2, 0) is 13.1 Å². The number of hydrogen-bond acceptors (Lipinski definition) is 5. The van der Waals surface area contributed by atoms with Crippen molar-refractivity contribution in [3.8, 4) is 5.75 Å². The second kappa shape index (κ2) is 5.69. The maximum atomic E-state index is 12.1. The summed E-state index contributed by atoms with van der Waals surface area (Å²) in [5.41, 5.74) is 2.51. The molecule has 5 nitrogen and oxygen atoms in total. The molecule has 1 aliphatic heterocycles. The van der Waals surface area contributed by atoms with Crippen LogP contribution < -0.4 is 10.4 Å². The highest BCUT2D eigenvalue weighted by molar-refractivity contribution is 6.33. The lowest BCUT2D eigenvalue weighted by Gasteiger charge is -2.29. The molecule has 0 fully saturated rings. The van der Waals surface area contributed by atoms with Gasteiger partial charge in [-0.2, -0.15) is 0 Å². The normalized spacial score (nSPS) is 14.6. The van der Waals surface area contributed by atoms with Crippen LogP contribution in [0.4, 0.5) is 0 Å². The van der Waals surface area contributed by atoms with Gasteiger partial charge in [-0.25, -0.2) is 4.79 Å². The monoisotopic (exact) mass is 345 g/mol. The highest BCUT2D eigenvalue weighted by Crippen LogP contribution is 2.39. The molecule has 124 valence electrons. The Morgan fingerprint density at radius 1 is 1.29 bits per heavy atom. The Labute approximate surface area is 143 Å². The molecule has 1 aromatic carbocycles. The summed E-state index contributed by atoms with van der Waals surface area (Å²) in [4.78, 5) is 14.2. The standard InChI is InChI=1S/C18H16ClNO4/c1-10-11(2)18(21)24-16-13(10)6-15(19)17-14(16)8-20(9-23-17)7-12-4-3-5-22-12/h3-6H,7-9H2,1-2H3. The van der Waals surface area contributed by atoms with Crippen LogP contribution in [0.3, 0.4) is 0 Å². The topological polar surface area (TPSA) is 55.8 Å². The summed E-state index contributed by atoms with van der Waals surface area (Å²) in [5, 5.41) is 1.38. The van der Waals surface area contributed by atoms with Crippen LogP contribution in [0.25, 0.3) is 11.0 Å². The predicted octanol–water partition coefficient (Wildman–Crippen LogP) is 4.01. The maximum Gasteiger partial charge on any atom is 0.339 e. The van der Waals surface area contributed by atoms with Gasteiger partial charge in [0.1, 0.15) is 23.8 Å². The number of hydrogen-bond donors (Lipinski definition) is 0. The first kappa shape index (κ1) is 15.3. The molecule has 0 radical (unpaired) electrons. The van der Waals surface area contributed by atoms with Crippen LogP contribution in [0.2, 0.25) is 5.02 Å². The molecule has 3 heterocycles. The number of nitrogens with zero attached hydrogens (tertiary/aromatic N) is 1. The fourth-order valence-corrected chi connectivity index (χ4v) is 3.31. The van der Waals surface area contributed by atoms with Gasteiger partial charge < -0.3 is 13.6 Å². The highest BCUT2D eigenvalue weighted by Gasteiger charge is 2.25. The van der Waals surface area contributed by atoms with Crippen LogP contribution in [-0.4, -0.2) is 11.6 Å². The summed E-state index contributed by atoms with van der Waals surface area (Å²) in [7, 11) is 0. The van der Waals surface area contributed by atoms with E-state index in [1.807, 2.05) is 25.1 Å². The van der Waals surface area contributed by atoms with Gasteiger partial charge in [-0.3, -0.25) is 4.90 Å². The lowest BCUT2D eigenvalue weighted by molar-refractivity contribution is 0.0827. The summed E-state index contributed by atoms with van der Waals surface area (Å²) < 4.78 is 16.8. The molecular weight excluding hydrogens is 330 g/mol. The third-order valence-electron chi connectivity index (χ3n) is 4.48. The number of rotatable bonds is 2. The molecule has 0 saturated carbocycles. The van der Waals surface area contributed by atoms with Crippen LogP contribution in [0.1, 0.15) is 22.5 Å². The zero-order valence-corrected chi connectivity index (χ0v) is 14.1. The Morgan fingerprint density at radius 3 is 2.88 bits per heavy atom. The lowest BCUT2D eigenvalue weighted by Crippen LogP contribution is -2.31. The van der Waals surface area contributed by atoms with Gasteiger partial charge in [0, 0.05) is 17.5 Å². The van der Waals surface area contributed by atoms with Gasteiger partial charge in [0.15, 0.2) is 0 Å². The second-order valence-corrected chi connectivity index (χ2v) is 6.43. The average molecular weight is 346 g/mol. The molecule has 6 heteroatoms. The second-order valence-electron chi connectivity index (χ2n) is 6.02. The fraction of sp³-hybridized carbons (Fsp3) is 0.278. The van der Waals surface area contributed by atoms with Crippen LogP contribution in [0.5, 0.6) is 5.75 Å². The zero-order valence-electron chi connectivity index (χ0n) is 13.4. The van der Waals surface area contributed by atoms with Crippen molar-refractivity contribution in [2.75, 3.05) is 6.73 Å². The van der Waals surface area contributed by atoms with E-state index in [-0.39, 0.29) is 5.63 Å². The quantitative estimate of drug-likeness (QED) is 0.657. The van der Waals surface area contributed by atoms with Gasteiger partial charge >= 0.3 is 5.63 Å². The van der Waals surface area contributed by atoms with E-state index in [9.17, 15) is 4.79 Å². The molecule has 3 aromatic rings. The molecule has 0 unspecified atom stereocenters. The molecule has 0 N–H and O–H groups in total. The van der Waals surface area contributed by atoms with E-state index in [4.69, 9.17) is 25.2 Å². The SMILES string of the molecule is Cc1c(C)c2cc(Cl)c3c(c2oc1=O)CN(Cc1ccco1)CO3. The van der Waals surface area contributed by atoms with E-state index in [1.165, 1.54) is 0 Å². The Balaban J connectivity index is 1.83. The Hall–Kier alpha value is -2.24. The van der Waals surface area contributed by atoms with Crippen molar-refractivity contribution in [3.05, 3.63) is 62.4 Å². The van der Waals surface area contributed by atoms with E-state index < -0.39 is 0 Å². The molecule has 4 rings (SSSR count). The largest absolute Gasteiger partial charge is 0.476 e. The van der Waals surface area contributed by atoms with Crippen molar-refractivity contribution in [3.63, 3.8) is 0 Å². The number of ether oxygens (including phenoxy) is 1. The zero-order chi connectivity index (χ0) is 16.8. The third-order valence-corrected chi connectivity index (χ3v) is 4.76. The number of halogens is 1. The van der Waals surface area contributed by atoms with E-state index in [0.717, 1.165) is 22.3 Å². The van der Waals surface area contributed by atoms with Crippen LogP contribution in [0, 0.1) is 13.8 Å². The summed E-state index contributed by atoms with van der Waals surface area (Å²) in [5.74, 6) is 1.44. The van der Waals surface area contributed by atoms with Crippen LogP contribution in [0.15, 0.2) is 38.1 Å². The smallest absolute Gasteiger partial charge is 0.339 e. The molecule has 0 atom stereocenters. The van der Waals surface area contributed by atoms with E-state index in [0.29, 0.717) is 41.7 Å². The number of aryl methyl sites for hydroxylation is 1. The van der Waals surface area contributed by atoms with Crippen molar-refractivity contribution in [2.24, 2.45) is 0 Å². The first-order valence-electron chi connectivity index (χ1n) is 7.67. The molecule has 0 saturated heterocycles. The van der Waals surface area contributed by atoms with Crippen molar-refractivity contribution in [1.82, 2.24) is 4.90 Å². The third kappa shape index (κ3) is 2.41. The number of benzene rings is 1. The highest BCUT2D eigenvalue weighted by atomic mass is 35.5. The van der Waals surface area contributed by atoms with Crippen molar-refractivity contribution < 1.29 is 13.6 Å². The van der Waals surface area contributed by atoms with Crippen molar-refractivity contribution in [2.45, 2.75) is 26.9 Å². The first-order chi connectivity index (χ1) is 11.5. The van der Waals surface area contributed by atoms with Gasteiger partial charge in [0.2, 0.25) is 0 Å². The van der Waals surface area contributed by atoms with Crippen molar-refractivity contribution >= 4 is 22.6 Å². The summed E-state index contributed by atoms with van der Waals surface area (Å²) in [6, 6.07) is 5.58. The Bertz CT molecular complexity index is 975. The minimum atomic E-state index is -0.326. The minimum absolute atomic E-state index is 0.326. The summed E-state index contributed by atoms with van der Waals surface area (Å²) in [6.45, 7) is 5.23. The average Bonchev–Trinajstić information content (AvgIpc) is 3.07. The Morgan fingerprint density at radius 2 is 2.12 bits per heavy atom. The molecule has 1 aliphatic rings. The maximum absolute atomic E-state index is 12.1. The Kier molecular flexibility index (Phi) is 3.62. The van der Waals surface area contributed by atoms with Crippen molar-refractivity contribution in [1.29, 1.82) is 0 Å². The minimum Gasteiger partial charge on any atom is -0.476 e. The van der Waals surface area contributed by atoms with E-state index >= 15 is 0 Å². The molecule has 0 aliphatic carbocycles. The molecule has 24 heavy (non-hydrogen) atoms. The number of fused-ring (bicyclic) bond motifs is 3.